The minimum atomic E-state index is 0.323. The normalized spacial score (nSPS) is 35.6. The molecule has 2 aliphatic rings. The van der Waals surface area contributed by atoms with E-state index in [1.807, 2.05) is 0 Å². The van der Waals surface area contributed by atoms with Gasteiger partial charge in [-0.2, -0.15) is 0 Å². The fourth-order valence-electron chi connectivity index (χ4n) is 2.26. The van der Waals surface area contributed by atoms with Crippen LogP contribution in [0, 0.1) is 0 Å². The van der Waals surface area contributed by atoms with Crippen LogP contribution >= 0.6 is 0 Å². The molecule has 2 heterocycles. The molecule has 4 heteroatoms. The van der Waals surface area contributed by atoms with Crippen LogP contribution < -0.4 is 5.32 Å². The van der Waals surface area contributed by atoms with Crippen molar-refractivity contribution < 1.29 is 9.47 Å². The van der Waals surface area contributed by atoms with Gasteiger partial charge in [0.1, 0.15) is 0 Å². The Labute approximate surface area is 91.9 Å². The first-order chi connectivity index (χ1) is 7.25. The van der Waals surface area contributed by atoms with Crippen molar-refractivity contribution in [1.29, 1.82) is 0 Å². The average Bonchev–Trinajstić information content (AvgIpc) is 2.70. The zero-order chi connectivity index (χ0) is 10.7. The van der Waals surface area contributed by atoms with Gasteiger partial charge in [-0.25, -0.2) is 0 Å². The van der Waals surface area contributed by atoms with Gasteiger partial charge in [0.2, 0.25) is 0 Å². The van der Waals surface area contributed by atoms with E-state index in [1.54, 1.807) is 0 Å². The summed E-state index contributed by atoms with van der Waals surface area (Å²) in [6, 6.07) is 0.940. The number of nitrogens with one attached hydrogen (secondary N) is 1. The highest BCUT2D eigenvalue weighted by Gasteiger charge is 2.26. The van der Waals surface area contributed by atoms with E-state index in [-0.39, 0.29) is 0 Å². The van der Waals surface area contributed by atoms with Gasteiger partial charge in [0.15, 0.2) is 0 Å². The third kappa shape index (κ3) is 3.14. The maximum Gasteiger partial charge on any atom is 0.0852 e. The lowest BCUT2D eigenvalue weighted by Crippen LogP contribution is -2.52. The molecule has 0 aromatic carbocycles. The Kier molecular flexibility index (Phi) is 3.97. The second-order valence-corrected chi connectivity index (χ2v) is 4.69. The monoisotopic (exact) mass is 214 g/mol. The van der Waals surface area contributed by atoms with Gasteiger partial charge in [0, 0.05) is 31.8 Å². The van der Waals surface area contributed by atoms with Gasteiger partial charge >= 0.3 is 0 Å². The zero-order valence-corrected chi connectivity index (χ0v) is 9.74. The molecule has 2 aliphatic heterocycles. The van der Waals surface area contributed by atoms with Crippen LogP contribution in [0.15, 0.2) is 0 Å². The summed E-state index contributed by atoms with van der Waals surface area (Å²) in [6.07, 6.45) is 1.46. The molecule has 1 N–H and O–H groups in total. The number of morpholine rings is 1. The van der Waals surface area contributed by atoms with E-state index < -0.39 is 0 Å². The summed E-state index contributed by atoms with van der Waals surface area (Å²) in [4.78, 5) is 2.33. The summed E-state index contributed by atoms with van der Waals surface area (Å²) in [6.45, 7) is 6.90. The van der Waals surface area contributed by atoms with Crippen molar-refractivity contribution in [2.75, 3.05) is 40.0 Å². The Morgan fingerprint density at radius 2 is 2.27 bits per heavy atom. The lowest BCUT2D eigenvalue weighted by atomic mass is 10.1. The van der Waals surface area contributed by atoms with E-state index in [1.165, 1.54) is 0 Å². The largest absolute Gasteiger partial charge is 0.380 e. The van der Waals surface area contributed by atoms with Crippen LogP contribution in [0.25, 0.3) is 0 Å². The molecule has 2 rings (SSSR count). The van der Waals surface area contributed by atoms with E-state index in [2.05, 4.69) is 24.2 Å². The molecule has 0 aromatic rings. The predicted molar refractivity (Wildman–Crippen MR) is 59.1 cm³/mol. The number of likely N-dealkylation sites (N-methyl/N-ethyl adjacent to an activating group) is 1. The van der Waals surface area contributed by atoms with Gasteiger partial charge in [-0.05, 0) is 20.4 Å². The Morgan fingerprint density at radius 3 is 2.93 bits per heavy atom. The standard InChI is InChI=1S/C11H22N2O2/c1-9(12-10-3-5-14-8-10)11-7-13(2)4-6-15-11/h9-12H,3-8H2,1-2H3. The van der Waals surface area contributed by atoms with Crippen molar-refractivity contribution in [1.82, 2.24) is 10.2 Å². The first kappa shape index (κ1) is 11.3. The number of ether oxygens (including phenoxy) is 2. The van der Waals surface area contributed by atoms with Crippen LogP contribution in [-0.4, -0.2) is 63.0 Å². The molecular formula is C11H22N2O2. The van der Waals surface area contributed by atoms with Crippen LogP contribution in [0.1, 0.15) is 13.3 Å². The molecule has 0 saturated carbocycles. The van der Waals surface area contributed by atoms with Crippen molar-refractivity contribution in [2.45, 2.75) is 31.5 Å². The SMILES string of the molecule is CC(NC1CCOC1)C1CN(C)CCO1. The van der Waals surface area contributed by atoms with E-state index in [0.29, 0.717) is 18.2 Å². The fraction of sp³-hybridized carbons (Fsp3) is 1.00. The van der Waals surface area contributed by atoms with E-state index >= 15 is 0 Å². The summed E-state index contributed by atoms with van der Waals surface area (Å²) < 4.78 is 11.1. The van der Waals surface area contributed by atoms with Gasteiger partial charge in [0.25, 0.3) is 0 Å². The van der Waals surface area contributed by atoms with Gasteiger partial charge < -0.3 is 19.7 Å². The molecular weight excluding hydrogens is 192 g/mol. The molecule has 88 valence electrons. The second kappa shape index (κ2) is 5.25. The van der Waals surface area contributed by atoms with Crippen LogP contribution in [-0.2, 0) is 9.47 Å². The van der Waals surface area contributed by atoms with Gasteiger partial charge in [-0.3, -0.25) is 0 Å². The van der Waals surface area contributed by atoms with Crippen LogP contribution in [0.3, 0.4) is 0 Å². The van der Waals surface area contributed by atoms with Crippen LogP contribution in [0.4, 0.5) is 0 Å². The minimum absolute atomic E-state index is 0.323. The molecule has 15 heavy (non-hydrogen) atoms. The highest BCUT2D eigenvalue weighted by atomic mass is 16.5. The highest BCUT2D eigenvalue weighted by molar-refractivity contribution is 4.83. The molecule has 2 fully saturated rings. The first-order valence-electron chi connectivity index (χ1n) is 5.89. The van der Waals surface area contributed by atoms with Crippen molar-refractivity contribution in [3.05, 3.63) is 0 Å². The maximum atomic E-state index is 5.78. The van der Waals surface area contributed by atoms with E-state index in [0.717, 1.165) is 39.3 Å². The number of hydrogen-bond donors (Lipinski definition) is 1. The molecule has 0 aliphatic carbocycles. The minimum Gasteiger partial charge on any atom is -0.380 e. The van der Waals surface area contributed by atoms with Crippen LogP contribution in [0.5, 0.6) is 0 Å². The molecule has 2 saturated heterocycles. The summed E-state index contributed by atoms with van der Waals surface area (Å²) in [5, 5.41) is 3.59. The van der Waals surface area contributed by atoms with Crippen molar-refractivity contribution in [3.8, 4) is 0 Å². The van der Waals surface area contributed by atoms with Crippen molar-refractivity contribution in [3.63, 3.8) is 0 Å². The quantitative estimate of drug-likeness (QED) is 0.721. The van der Waals surface area contributed by atoms with E-state index in [4.69, 9.17) is 9.47 Å². The molecule has 3 unspecified atom stereocenters. The third-order valence-corrected chi connectivity index (χ3v) is 3.28. The summed E-state index contributed by atoms with van der Waals surface area (Å²) in [7, 11) is 2.15. The zero-order valence-electron chi connectivity index (χ0n) is 9.74. The number of hydrogen-bond acceptors (Lipinski definition) is 4. The Morgan fingerprint density at radius 1 is 1.40 bits per heavy atom. The van der Waals surface area contributed by atoms with Gasteiger partial charge in [-0.1, -0.05) is 0 Å². The number of rotatable bonds is 3. The van der Waals surface area contributed by atoms with Crippen molar-refractivity contribution in [2.24, 2.45) is 0 Å². The fourth-order valence-corrected chi connectivity index (χ4v) is 2.26. The molecule has 0 bridgehead atoms. The molecule has 0 aromatic heterocycles. The molecule has 0 amide bonds. The summed E-state index contributed by atoms with van der Waals surface area (Å²) in [5.41, 5.74) is 0. The molecule has 0 spiro atoms. The molecule has 4 nitrogen and oxygen atoms in total. The average molecular weight is 214 g/mol. The predicted octanol–water partition coefficient (Wildman–Crippen LogP) is 0.0840. The third-order valence-electron chi connectivity index (χ3n) is 3.28. The second-order valence-electron chi connectivity index (χ2n) is 4.69. The smallest absolute Gasteiger partial charge is 0.0852 e. The molecule has 3 atom stereocenters. The topological polar surface area (TPSA) is 33.7 Å². The summed E-state index contributed by atoms with van der Waals surface area (Å²) >= 11 is 0. The van der Waals surface area contributed by atoms with Gasteiger partial charge in [-0.15, -0.1) is 0 Å². The Bertz CT molecular complexity index is 195. The molecule has 0 radical (unpaired) electrons. The Hall–Kier alpha value is -0.160. The maximum absolute atomic E-state index is 5.78. The summed E-state index contributed by atoms with van der Waals surface area (Å²) in [5.74, 6) is 0. The van der Waals surface area contributed by atoms with E-state index in [9.17, 15) is 0 Å². The first-order valence-corrected chi connectivity index (χ1v) is 5.89. The lowest BCUT2D eigenvalue weighted by Gasteiger charge is -2.35. The Balaban J connectivity index is 1.76. The van der Waals surface area contributed by atoms with Crippen LogP contribution in [0.2, 0.25) is 0 Å². The lowest BCUT2D eigenvalue weighted by molar-refractivity contribution is -0.0372. The van der Waals surface area contributed by atoms with Crippen molar-refractivity contribution >= 4 is 0 Å². The number of nitrogens with zero attached hydrogens (tertiary/aromatic N) is 1. The van der Waals surface area contributed by atoms with Gasteiger partial charge in [0.05, 0.1) is 19.3 Å². The highest BCUT2D eigenvalue weighted by Crippen LogP contribution is 2.10.